The van der Waals surface area contributed by atoms with E-state index in [1.807, 2.05) is 0 Å². The Morgan fingerprint density at radius 3 is 2.48 bits per heavy atom. The highest BCUT2D eigenvalue weighted by Gasteiger charge is 2.12. The first-order valence-electron chi connectivity index (χ1n) is 6.06. The molecule has 0 saturated heterocycles. The SMILES string of the molecule is COC(=O)c1ccc(Cl)cc1NCc1cc(F)cc(F)c1. The highest BCUT2D eigenvalue weighted by Crippen LogP contribution is 2.22. The van der Waals surface area contributed by atoms with Gasteiger partial charge in [-0.3, -0.25) is 0 Å². The maximum atomic E-state index is 13.1. The van der Waals surface area contributed by atoms with E-state index in [-0.39, 0.29) is 6.54 Å². The smallest absolute Gasteiger partial charge is 0.339 e. The molecule has 0 atom stereocenters. The number of hydrogen-bond donors (Lipinski definition) is 1. The van der Waals surface area contributed by atoms with Crippen LogP contribution in [0.3, 0.4) is 0 Å². The predicted molar refractivity (Wildman–Crippen MR) is 76.5 cm³/mol. The molecule has 0 heterocycles. The van der Waals surface area contributed by atoms with Gasteiger partial charge in [0.2, 0.25) is 0 Å². The summed E-state index contributed by atoms with van der Waals surface area (Å²) in [5, 5.41) is 3.35. The topological polar surface area (TPSA) is 38.3 Å². The number of rotatable bonds is 4. The van der Waals surface area contributed by atoms with E-state index in [1.54, 1.807) is 12.1 Å². The van der Waals surface area contributed by atoms with E-state index >= 15 is 0 Å². The van der Waals surface area contributed by atoms with Gasteiger partial charge in [0.25, 0.3) is 0 Å². The van der Waals surface area contributed by atoms with Crippen LogP contribution in [0, 0.1) is 11.6 Å². The Labute approximate surface area is 125 Å². The summed E-state index contributed by atoms with van der Waals surface area (Å²) >= 11 is 5.88. The minimum absolute atomic E-state index is 0.138. The molecule has 0 aromatic heterocycles. The summed E-state index contributed by atoms with van der Waals surface area (Å²) < 4.78 is 30.9. The molecule has 0 aliphatic carbocycles. The van der Waals surface area contributed by atoms with Gasteiger partial charge in [-0.2, -0.15) is 0 Å². The third kappa shape index (κ3) is 3.92. The molecular formula is C15H12ClF2NO2. The Morgan fingerprint density at radius 1 is 1.19 bits per heavy atom. The first kappa shape index (κ1) is 15.3. The summed E-state index contributed by atoms with van der Waals surface area (Å²) in [5.74, 6) is -1.85. The number of hydrogen-bond acceptors (Lipinski definition) is 3. The van der Waals surface area contributed by atoms with Crippen molar-refractivity contribution in [3.63, 3.8) is 0 Å². The average Bonchev–Trinajstić information content (AvgIpc) is 2.43. The Kier molecular flexibility index (Phi) is 4.75. The van der Waals surface area contributed by atoms with Crippen LogP contribution in [0.2, 0.25) is 5.02 Å². The monoisotopic (exact) mass is 311 g/mol. The molecule has 0 bridgehead atoms. The number of nitrogens with one attached hydrogen (secondary N) is 1. The molecule has 0 saturated carbocycles. The maximum absolute atomic E-state index is 13.1. The molecule has 0 fully saturated rings. The number of carbonyl (C=O) groups excluding carboxylic acids is 1. The van der Waals surface area contributed by atoms with Crippen molar-refractivity contribution in [1.29, 1.82) is 0 Å². The second-order valence-corrected chi connectivity index (χ2v) is 4.75. The Morgan fingerprint density at radius 2 is 1.86 bits per heavy atom. The van der Waals surface area contributed by atoms with Crippen molar-refractivity contribution < 1.29 is 18.3 Å². The Hall–Kier alpha value is -2.14. The van der Waals surface area contributed by atoms with Crippen molar-refractivity contribution in [1.82, 2.24) is 0 Å². The lowest BCUT2D eigenvalue weighted by atomic mass is 10.1. The fourth-order valence-corrected chi connectivity index (χ4v) is 2.03. The van der Waals surface area contributed by atoms with Crippen LogP contribution >= 0.6 is 11.6 Å². The number of methoxy groups -OCH3 is 1. The van der Waals surface area contributed by atoms with Crippen LogP contribution < -0.4 is 5.32 Å². The van der Waals surface area contributed by atoms with Gasteiger partial charge in [0, 0.05) is 17.6 Å². The molecule has 0 amide bonds. The van der Waals surface area contributed by atoms with E-state index in [0.29, 0.717) is 21.8 Å². The van der Waals surface area contributed by atoms with Gasteiger partial charge in [-0.25, -0.2) is 13.6 Å². The first-order valence-corrected chi connectivity index (χ1v) is 6.44. The number of benzene rings is 2. The van der Waals surface area contributed by atoms with E-state index in [2.05, 4.69) is 10.1 Å². The van der Waals surface area contributed by atoms with Gasteiger partial charge in [0.05, 0.1) is 18.4 Å². The molecule has 21 heavy (non-hydrogen) atoms. The molecule has 6 heteroatoms. The number of carbonyl (C=O) groups is 1. The minimum atomic E-state index is -0.661. The van der Waals surface area contributed by atoms with Crippen LogP contribution in [0.1, 0.15) is 15.9 Å². The lowest BCUT2D eigenvalue weighted by Crippen LogP contribution is -2.08. The predicted octanol–water partition coefficient (Wildman–Crippen LogP) is 4.02. The largest absolute Gasteiger partial charge is 0.465 e. The molecule has 0 radical (unpaired) electrons. The van der Waals surface area contributed by atoms with Crippen molar-refractivity contribution in [2.75, 3.05) is 12.4 Å². The van der Waals surface area contributed by atoms with E-state index in [4.69, 9.17) is 11.6 Å². The third-order valence-corrected chi connectivity index (χ3v) is 3.03. The van der Waals surface area contributed by atoms with Gasteiger partial charge >= 0.3 is 5.97 Å². The molecule has 0 aliphatic rings. The standard InChI is InChI=1S/C15H12ClF2NO2/c1-21-15(20)13-3-2-10(16)6-14(13)19-8-9-4-11(17)7-12(18)5-9/h2-7,19H,8H2,1H3. The fraction of sp³-hybridized carbons (Fsp3) is 0.133. The number of anilines is 1. The van der Waals surface area contributed by atoms with Crippen molar-refractivity contribution in [2.24, 2.45) is 0 Å². The number of ether oxygens (including phenoxy) is 1. The minimum Gasteiger partial charge on any atom is -0.465 e. The maximum Gasteiger partial charge on any atom is 0.339 e. The van der Waals surface area contributed by atoms with Crippen LogP contribution in [0.5, 0.6) is 0 Å². The highest BCUT2D eigenvalue weighted by molar-refractivity contribution is 6.31. The molecule has 2 aromatic rings. The van der Waals surface area contributed by atoms with Crippen molar-refractivity contribution in [3.8, 4) is 0 Å². The zero-order valence-corrected chi connectivity index (χ0v) is 11.9. The van der Waals surface area contributed by atoms with E-state index < -0.39 is 17.6 Å². The van der Waals surface area contributed by atoms with Crippen LogP contribution in [0.15, 0.2) is 36.4 Å². The lowest BCUT2D eigenvalue weighted by molar-refractivity contribution is 0.0602. The molecule has 0 unspecified atom stereocenters. The van der Waals surface area contributed by atoms with Gasteiger partial charge in [-0.05, 0) is 35.9 Å². The van der Waals surface area contributed by atoms with Crippen LogP contribution in [-0.4, -0.2) is 13.1 Å². The molecule has 0 aliphatic heterocycles. The van der Waals surface area contributed by atoms with Crippen LogP contribution in [0.25, 0.3) is 0 Å². The molecule has 0 spiro atoms. The van der Waals surface area contributed by atoms with Crippen LogP contribution in [0.4, 0.5) is 14.5 Å². The molecule has 1 N–H and O–H groups in total. The normalized spacial score (nSPS) is 10.3. The second-order valence-electron chi connectivity index (χ2n) is 4.31. The zero-order chi connectivity index (χ0) is 15.4. The van der Waals surface area contributed by atoms with Crippen molar-refractivity contribution in [2.45, 2.75) is 6.54 Å². The Balaban J connectivity index is 2.22. The molecular weight excluding hydrogens is 300 g/mol. The van der Waals surface area contributed by atoms with Crippen molar-refractivity contribution >= 4 is 23.3 Å². The number of halogens is 3. The molecule has 2 aromatic carbocycles. The quantitative estimate of drug-likeness (QED) is 0.867. The molecule has 110 valence electrons. The molecule has 2 rings (SSSR count). The van der Waals surface area contributed by atoms with Gasteiger partial charge in [-0.1, -0.05) is 11.6 Å². The second kappa shape index (κ2) is 6.54. The average molecular weight is 312 g/mol. The molecule has 3 nitrogen and oxygen atoms in total. The Bertz CT molecular complexity index is 656. The van der Waals surface area contributed by atoms with Gasteiger partial charge in [0.1, 0.15) is 11.6 Å². The van der Waals surface area contributed by atoms with Crippen molar-refractivity contribution in [3.05, 3.63) is 64.2 Å². The van der Waals surface area contributed by atoms with E-state index in [1.165, 1.54) is 25.3 Å². The highest BCUT2D eigenvalue weighted by atomic mass is 35.5. The summed E-state index contributed by atoms with van der Waals surface area (Å²) in [4.78, 5) is 11.6. The summed E-state index contributed by atoms with van der Waals surface area (Å²) in [6.45, 7) is 0.138. The van der Waals surface area contributed by atoms with E-state index in [9.17, 15) is 13.6 Å². The number of esters is 1. The van der Waals surface area contributed by atoms with Gasteiger partial charge in [0.15, 0.2) is 0 Å². The zero-order valence-electron chi connectivity index (χ0n) is 11.1. The summed E-state index contributed by atoms with van der Waals surface area (Å²) in [5.41, 5.74) is 1.13. The summed E-state index contributed by atoms with van der Waals surface area (Å²) in [6.07, 6.45) is 0. The van der Waals surface area contributed by atoms with Gasteiger partial charge < -0.3 is 10.1 Å². The van der Waals surface area contributed by atoms with E-state index in [0.717, 1.165) is 6.07 Å². The lowest BCUT2D eigenvalue weighted by Gasteiger charge is -2.11. The third-order valence-electron chi connectivity index (χ3n) is 2.79. The first-order chi connectivity index (χ1) is 9.99. The van der Waals surface area contributed by atoms with Gasteiger partial charge in [-0.15, -0.1) is 0 Å². The summed E-state index contributed by atoms with van der Waals surface area (Å²) in [7, 11) is 1.27. The van der Waals surface area contributed by atoms with Crippen LogP contribution in [-0.2, 0) is 11.3 Å². The fourth-order valence-electron chi connectivity index (χ4n) is 1.86. The summed E-state index contributed by atoms with van der Waals surface area (Å²) in [6, 6.07) is 7.83.